The van der Waals surface area contributed by atoms with Crippen LogP contribution >= 0.6 is 0 Å². The first-order chi connectivity index (χ1) is 12.5. The number of methoxy groups -OCH3 is 1. The number of rotatable bonds is 4. The van der Waals surface area contributed by atoms with Crippen molar-refractivity contribution in [3.8, 4) is 5.75 Å². The van der Waals surface area contributed by atoms with Gasteiger partial charge in [0.1, 0.15) is 5.75 Å². The summed E-state index contributed by atoms with van der Waals surface area (Å²) in [6.07, 6.45) is 3.02. The van der Waals surface area contributed by atoms with Crippen LogP contribution in [0.2, 0.25) is 0 Å². The molecule has 0 radical (unpaired) electrons. The molecule has 0 spiro atoms. The molecule has 0 N–H and O–H groups in total. The molecule has 2 saturated heterocycles. The molecule has 3 aliphatic rings. The van der Waals surface area contributed by atoms with E-state index >= 15 is 0 Å². The number of sulfone groups is 1. The first-order valence-corrected chi connectivity index (χ1v) is 11.2. The van der Waals surface area contributed by atoms with E-state index in [-0.39, 0.29) is 35.4 Å². The van der Waals surface area contributed by atoms with E-state index in [0.29, 0.717) is 13.1 Å². The number of fused-ring (bicyclic) bond motifs is 1. The SMILES string of the molecule is COc1ccc(CN2CCN(C(=O)C3CCC3)[C@@H]3CS(=O)(=O)C[C@@H]32)cc1. The molecule has 7 heteroatoms. The van der Waals surface area contributed by atoms with Gasteiger partial charge in [0.2, 0.25) is 5.91 Å². The summed E-state index contributed by atoms with van der Waals surface area (Å²) in [5, 5.41) is 0. The van der Waals surface area contributed by atoms with Crippen molar-refractivity contribution < 1.29 is 17.9 Å². The number of carbonyl (C=O) groups is 1. The van der Waals surface area contributed by atoms with Crippen LogP contribution < -0.4 is 4.74 Å². The minimum atomic E-state index is -3.10. The van der Waals surface area contributed by atoms with Crippen molar-refractivity contribution in [1.29, 1.82) is 0 Å². The fraction of sp³-hybridized carbons (Fsp3) is 0.632. The Morgan fingerprint density at radius 1 is 1.12 bits per heavy atom. The van der Waals surface area contributed by atoms with Crippen molar-refractivity contribution in [3.05, 3.63) is 29.8 Å². The summed E-state index contributed by atoms with van der Waals surface area (Å²) >= 11 is 0. The fourth-order valence-corrected chi connectivity index (χ4v) is 6.36. The van der Waals surface area contributed by atoms with Gasteiger partial charge < -0.3 is 9.64 Å². The Bertz CT molecular complexity index is 773. The number of hydrogen-bond acceptors (Lipinski definition) is 5. The number of hydrogen-bond donors (Lipinski definition) is 0. The summed E-state index contributed by atoms with van der Waals surface area (Å²) in [7, 11) is -1.46. The van der Waals surface area contributed by atoms with Crippen molar-refractivity contribution in [2.75, 3.05) is 31.7 Å². The zero-order chi connectivity index (χ0) is 18.3. The van der Waals surface area contributed by atoms with E-state index in [1.807, 2.05) is 29.2 Å². The maximum absolute atomic E-state index is 12.8. The van der Waals surface area contributed by atoms with Gasteiger partial charge in [-0.25, -0.2) is 8.42 Å². The minimum Gasteiger partial charge on any atom is -0.497 e. The van der Waals surface area contributed by atoms with Gasteiger partial charge in [0.05, 0.1) is 24.7 Å². The number of ether oxygens (including phenoxy) is 1. The van der Waals surface area contributed by atoms with Crippen molar-refractivity contribution in [1.82, 2.24) is 9.80 Å². The molecular weight excluding hydrogens is 352 g/mol. The van der Waals surface area contributed by atoms with E-state index in [1.165, 1.54) is 0 Å². The molecule has 26 heavy (non-hydrogen) atoms. The number of carbonyl (C=O) groups excluding carboxylic acids is 1. The highest BCUT2D eigenvalue weighted by atomic mass is 32.2. The first-order valence-electron chi connectivity index (χ1n) is 9.35. The van der Waals surface area contributed by atoms with Crippen LogP contribution in [0.5, 0.6) is 5.75 Å². The summed E-state index contributed by atoms with van der Waals surface area (Å²) in [6.45, 7) is 2.05. The molecule has 2 atom stereocenters. The molecule has 142 valence electrons. The van der Waals surface area contributed by atoms with Gasteiger partial charge in [0.25, 0.3) is 0 Å². The van der Waals surface area contributed by atoms with Crippen molar-refractivity contribution in [3.63, 3.8) is 0 Å². The molecule has 4 rings (SSSR count). The van der Waals surface area contributed by atoms with Gasteiger partial charge in [0, 0.05) is 31.6 Å². The maximum atomic E-state index is 12.8. The average molecular weight is 378 g/mol. The molecule has 6 nitrogen and oxygen atoms in total. The van der Waals surface area contributed by atoms with E-state index < -0.39 is 9.84 Å². The standard InChI is InChI=1S/C19H26N2O4S/c1-25-16-7-5-14(6-8-16)11-20-9-10-21(19(22)15-3-2-4-15)18-13-26(23,24)12-17(18)20/h5-8,15,17-18H,2-4,9-13H2,1H3/t17-,18+/m0/s1. The predicted molar refractivity (Wildman–Crippen MR) is 98.7 cm³/mol. The van der Waals surface area contributed by atoms with Crippen LogP contribution in [-0.2, 0) is 21.2 Å². The van der Waals surface area contributed by atoms with Crippen molar-refractivity contribution >= 4 is 15.7 Å². The van der Waals surface area contributed by atoms with Gasteiger partial charge in [-0.05, 0) is 30.5 Å². The number of benzene rings is 1. The Kier molecular flexibility index (Phi) is 4.69. The van der Waals surface area contributed by atoms with Gasteiger partial charge >= 0.3 is 0 Å². The van der Waals surface area contributed by atoms with Crippen LogP contribution in [0, 0.1) is 5.92 Å². The monoisotopic (exact) mass is 378 g/mol. The Balaban J connectivity index is 1.51. The minimum absolute atomic E-state index is 0.0973. The van der Waals surface area contributed by atoms with Crippen molar-refractivity contribution in [2.24, 2.45) is 5.92 Å². The third-order valence-electron chi connectivity index (χ3n) is 6.07. The fourth-order valence-electron chi connectivity index (χ4n) is 4.35. The van der Waals surface area contributed by atoms with Crippen LogP contribution in [0.15, 0.2) is 24.3 Å². The summed E-state index contributed by atoms with van der Waals surface area (Å²) in [6, 6.07) is 7.59. The van der Waals surface area contributed by atoms with Gasteiger partial charge in [-0.2, -0.15) is 0 Å². The lowest BCUT2D eigenvalue weighted by Crippen LogP contribution is -2.61. The Morgan fingerprint density at radius 2 is 1.81 bits per heavy atom. The van der Waals surface area contributed by atoms with Crippen LogP contribution in [0.25, 0.3) is 0 Å². The van der Waals surface area contributed by atoms with Gasteiger partial charge in [-0.3, -0.25) is 9.69 Å². The Morgan fingerprint density at radius 3 is 2.42 bits per heavy atom. The lowest BCUT2D eigenvalue weighted by atomic mass is 9.83. The molecule has 2 heterocycles. The topological polar surface area (TPSA) is 66.9 Å². The molecule has 0 unspecified atom stereocenters. The second kappa shape index (κ2) is 6.85. The molecule has 0 bridgehead atoms. The second-order valence-corrected chi connectivity index (χ2v) is 9.84. The molecule has 1 saturated carbocycles. The quantitative estimate of drug-likeness (QED) is 0.790. The van der Waals surface area contributed by atoms with Crippen LogP contribution in [0.3, 0.4) is 0 Å². The number of amides is 1. The molecule has 1 aromatic rings. The number of piperazine rings is 1. The zero-order valence-corrected chi connectivity index (χ0v) is 16.0. The maximum Gasteiger partial charge on any atom is 0.226 e. The second-order valence-electron chi connectivity index (χ2n) is 7.69. The Hall–Kier alpha value is -1.60. The summed E-state index contributed by atoms with van der Waals surface area (Å²) in [5.41, 5.74) is 1.13. The molecule has 0 aromatic heterocycles. The normalized spacial score (nSPS) is 28.4. The third kappa shape index (κ3) is 3.34. The molecule has 1 aromatic carbocycles. The summed E-state index contributed by atoms with van der Waals surface area (Å²) in [4.78, 5) is 16.9. The smallest absolute Gasteiger partial charge is 0.226 e. The van der Waals surface area contributed by atoms with Crippen LogP contribution in [0.1, 0.15) is 24.8 Å². The van der Waals surface area contributed by atoms with E-state index in [0.717, 1.165) is 37.1 Å². The van der Waals surface area contributed by atoms with Crippen LogP contribution in [0.4, 0.5) is 0 Å². The van der Waals surface area contributed by atoms with E-state index in [4.69, 9.17) is 4.74 Å². The summed E-state index contributed by atoms with van der Waals surface area (Å²) in [5.74, 6) is 1.36. The lowest BCUT2D eigenvalue weighted by Gasteiger charge is -2.45. The predicted octanol–water partition coefficient (Wildman–Crippen LogP) is 1.31. The van der Waals surface area contributed by atoms with E-state index in [9.17, 15) is 13.2 Å². The zero-order valence-electron chi connectivity index (χ0n) is 15.1. The third-order valence-corrected chi connectivity index (χ3v) is 7.77. The van der Waals surface area contributed by atoms with Gasteiger partial charge in [-0.1, -0.05) is 18.6 Å². The van der Waals surface area contributed by atoms with Gasteiger partial charge in [0.15, 0.2) is 9.84 Å². The average Bonchev–Trinajstić information content (AvgIpc) is 2.89. The van der Waals surface area contributed by atoms with E-state index in [2.05, 4.69) is 4.90 Å². The highest BCUT2D eigenvalue weighted by molar-refractivity contribution is 7.91. The van der Waals surface area contributed by atoms with Gasteiger partial charge in [-0.15, -0.1) is 0 Å². The van der Waals surface area contributed by atoms with Crippen molar-refractivity contribution in [2.45, 2.75) is 37.9 Å². The first kappa shape index (κ1) is 17.8. The molecule has 2 aliphatic heterocycles. The van der Waals surface area contributed by atoms with E-state index in [1.54, 1.807) is 7.11 Å². The summed E-state index contributed by atoms with van der Waals surface area (Å²) < 4.78 is 29.8. The highest BCUT2D eigenvalue weighted by Crippen LogP contribution is 2.34. The molecule has 3 fully saturated rings. The van der Waals surface area contributed by atoms with Crippen LogP contribution in [-0.4, -0.2) is 67.9 Å². The Labute approximate surface area is 155 Å². The largest absolute Gasteiger partial charge is 0.497 e. The molecule has 1 aliphatic carbocycles. The molecular formula is C19H26N2O4S. The highest BCUT2D eigenvalue weighted by Gasteiger charge is 2.49. The lowest BCUT2D eigenvalue weighted by molar-refractivity contribution is -0.144. The number of nitrogens with zero attached hydrogens (tertiary/aromatic N) is 2. The molecule has 1 amide bonds.